The lowest BCUT2D eigenvalue weighted by atomic mass is 9.89. The summed E-state index contributed by atoms with van der Waals surface area (Å²) in [5, 5.41) is 12.8. The molecule has 2 aromatic rings. The highest BCUT2D eigenvalue weighted by Crippen LogP contribution is 2.44. The first-order valence-corrected chi connectivity index (χ1v) is 9.57. The molecule has 0 bridgehead atoms. The van der Waals surface area contributed by atoms with Crippen molar-refractivity contribution in [3.8, 4) is 0 Å². The Morgan fingerprint density at radius 2 is 2.18 bits per heavy atom. The highest BCUT2D eigenvalue weighted by Gasteiger charge is 2.30. The molecule has 22 heavy (non-hydrogen) atoms. The van der Waals surface area contributed by atoms with Gasteiger partial charge in [0.15, 0.2) is 0 Å². The van der Waals surface area contributed by atoms with Crippen LogP contribution in [0, 0.1) is 5.92 Å². The van der Waals surface area contributed by atoms with Crippen LogP contribution in [0.25, 0.3) is 10.2 Å². The van der Waals surface area contributed by atoms with E-state index in [0.717, 1.165) is 52.7 Å². The average Bonchev–Trinajstić information content (AvgIpc) is 3.25. The van der Waals surface area contributed by atoms with Crippen molar-refractivity contribution in [3.05, 3.63) is 16.3 Å². The third-order valence-corrected chi connectivity index (χ3v) is 6.51. The van der Waals surface area contributed by atoms with Gasteiger partial charge in [-0.1, -0.05) is 18.7 Å². The molecule has 0 radical (unpaired) electrons. The minimum Gasteiger partial charge on any atom is -0.549 e. The molecule has 0 spiro atoms. The van der Waals surface area contributed by atoms with Crippen LogP contribution in [0.1, 0.15) is 48.4 Å². The third kappa shape index (κ3) is 2.63. The smallest absolute Gasteiger partial charge is 0.134 e. The van der Waals surface area contributed by atoms with Gasteiger partial charge in [-0.2, -0.15) is 0 Å². The van der Waals surface area contributed by atoms with Crippen LogP contribution in [0.4, 0.5) is 0 Å². The van der Waals surface area contributed by atoms with E-state index in [2.05, 4.69) is 6.92 Å². The molecule has 0 unspecified atom stereocenters. The number of aromatic nitrogens is 2. The first-order valence-electron chi connectivity index (χ1n) is 7.76. The summed E-state index contributed by atoms with van der Waals surface area (Å²) in [7, 11) is 0. The van der Waals surface area contributed by atoms with Crippen molar-refractivity contribution in [2.75, 3.05) is 5.75 Å². The van der Waals surface area contributed by atoms with Crippen molar-refractivity contribution in [2.45, 2.75) is 50.0 Å². The van der Waals surface area contributed by atoms with Crippen molar-refractivity contribution < 1.29 is 9.90 Å². The minimum atomic E-state index is -1.04. The van der Waals surface area contributed by atoms with E-state index in [9.17, 15) is 9.90 Å². The van der Waals surface area contributed by atoms with Crippen LogP contribution in [-0.2, 0) is 17.6 Å². The van der Waals surface area contributed by atoms with Gasteiger partial charge in [-0.15, -0.1) is 11.3 Å². The monoisotopic (exact) mass is 333 g/mol. The van der Waals surface area contributed by atoms with Crippen molar-refractivity contribution in [3.63, 3.8) is 0 Å². The molecule has 4 nitrogen and oxygen atoms in total. The van der Waals surface area contributed by atoms with Gasteiger partial charge in [0.2, 0.25) is 0 Å². The fourth-order valence-corrected chi connectivity index (χ4v) is 5.31. The number of fused-ring (bicyclic) bond motifs is 3. The van der Waals surface area contributed by atoms with Gasteiger partial charge in [-0.25, -0.2) is 9.97 Å². The number of nitrogens with zero attached hydrogens (tertiary/aromatic N) is 2. The molecule has 4 rings (SSSR count). The second-order valence-corrected chi connectivity index (χ2v) is 8.40. The van der Waals surface area contributed by atoms with Gasteiger partial charge in [0.25, 0.3) is 0 Å². The van der Waals surface area contributed by atoms with Gasteiger partial charge in [0, 0.05) is 21.9 Å². The number of carboxylic acids is 1. The molecule has 2 heterocycles. The Labute approximate surface area is 137 Å². The van der Waals surface area contributed by atoms with Crippen molar-refractivity contribution >= 4 is 39.3 Å². The molecule has 0 aliphatic heterocycles. The molecule has 0 N–H and O–H groups in total. The zero-order valence-corrected chi connectivity index (χ0v) is 14.1. The molecular formula is C16H17N2O2S2-. The van der Waals surface area contributed by atoms with E-state index in [1.54, 1.807) is 11.3 Å². The maximum atomic E-state index is 10.8. The van der Waals surface area contributed by atoms with Gasteiger partial charge in [0.1, 0.15) is 15.7 Å². The van der Waals surface area contributed by atoms with Crippen LogP contribution in [-0.4, -0.2) is 21.7 Å². The number of rotatable bonds is 4. The van der Waals surface area contributed by atoms with E-state index in [1.165, 1.54) is 28.6 Å². The molecule has 1 fully saturated rings. The minimum absolute atomic E-state index is 0.0444. The molecular weight excluding hydrogens is 316 g/mol. The lowest BCUT2D eigenvalue weighted by Gasteiger charge is -2.18. The first-order chi connectivity index (χ1) is 10.6. The van der Waals surface area contributed by atoms with Gasteiger partial charge >= 0.3 is 0 Å². The molecule has 0 saturated heterocycles. The third-order valence-electron chi connectivity index (χ3n) is 4.41. The van der Waals surface area contributed by atoms with Gasteiger partial charge in [-0.05, 0) is 43.6 Å². The summed E-state index contributed by atoms with van der Waals surface area (Å²) < 4.78 is 0. The van der Waals surface area contributed by atoms with Crippen molar-refractivity contribution in [1.29, 1.82) is 0 Å². The maximum Gasteiger partial charge on any atom is 0.134 e. The van der Waals surface area contributed by atoms with Crippen LogP contribution < -0.4 is 5.11 Å². The van der Waals surface area contributed by atoms with Crippen LogP contribution in [0.2, 0.25) is 0 Å². The second kappa shape index (κ2) is 5.49. The number of hydrogen-bond donors (Lipinski definition) is 0. The molecule has 116 valence electrons. The molecule has 1 atom stereocenters. The Hall–Kier alpha value is -1.14. The SMILES string of the molecule is C[C@H]1CCc2c(sc3nc(C4CC4)nc(SCC(=O)[O-])c23)C1. The molecule has 0 aromatic carbocycles. The Morgan fingerprint density at radius 3 is 2.91 bits per heavy atom. The maximum absolute atomic E-state index is 10.8. The van der Waals surface area contributed by atoms with E-state index >= 15 is 0 Å². The highest BCUT2D eigenvalue weighted by molar-refractivity contribution is 8.00. The molecule has 6 heteroatoms. The summed E-state index contributed by atoms with van der Waals surface area (Å²) in [6.45, 7) is 2.29. The molecule has 1 saturated carbocycles. The summed E-state index contributed by atoms with van der Waals surface area (Å²) >= 11 is 3.07. The first kappa shape index (κ1) is 14.5. The largest absolute Gasteiger partial charge is 0.549 e. The highest BCUT2D eigenvalue weighted by atomic mass is 32.2. The molecule has 2 aliphatic rings. The lowest BCUT2D eigenvalue weighted by molar-refractivity contribution is -0.301. The van der Waals surface area contributed by atoms with E-state index in [0.29, 0.717) is 5.92 Å². The van der Waals surface area contributed by atoms with Crippen LogP contribution >= 0.6 is 23.1 Å². The van der Waals surface area contributed by atoms with Gasteiger partial charge < -0.3 is 9.90 Å². The molecule has 2 aromatic heterocycles. The standard InChI is InChI=1S/C16H18N2O2S2/c1-8-2-5-10-11(6-8)22-16-13(10)15(21-7-12(19)20)17-14(18-16)9-3-4-9/h8-9H,2-7H2,1H3,(H,19,20)/p-1/t8-/m0/s1. The van der Waals surface area contributed by atoms with Gasteiger partial charge in [0.05, 0.1) is 5.97 Å². The number of hydrogen-bond acceptors (Lipinski definition) is 6. The van der Waals surface area contributed by atoms with E-state index < -0.39 is 5.97 Å². The summed E-state index contributed by atoms with van der Waals surface area (Å²) in [5.41, 5.74) is 1.36. The Kier molecular flexibility index (Phi) is 3.61. The van der Waals surface area contributed by atoms with Crippen molar-refractivity contribution in [1.82, 2.24) is 9.97 Å². The van der Waals surface area contributed by atoms with Gasteiger partial charge in [-0.3, -0.25) is 0 Å². The van der Waals surface area contributed by atoms with Crippen molar-refractivity contribution in [2.24, 2.45) is 5.92 Å². The predicted molar refractivity (Wildman–Crippen MR) is 86.3 cm³/mol. The Balaban J connectivity index is 1.83. The molecule has 2 aliphatic carbocycles. The lowest BCUT2D eigenvalue weighted by Crippen LogP contribution is -2.24. The summed E-state index contributed by atoms with van der Waals surface area (Å²) in [4.78, 5) is 22.8. The summed E-state index contributed by atoms with van der Waals surface area (Å²) in [6, 6.07) is 0. The summed E-state index contributed by atoms with van der Waals surface area (Å²) in [5.74, 6) is 1.01. The zero-order valence-electron chi connectivity index (χ0n) is 12.4. The number of aryl methyl sites for hydroxylation is 1. The van der Waals surface area contributed by atoms with E-state index in [-0.39, 0.29) is 5.75 Å². The number of carbonyl (C=O) groups excluding carboxylic acids is 1. The Morgan fingerprint density at radius 1 is 1.36 bits per heavy atom. The van der Waals surface area contributed by atoms with E-state index in [4.69, 9.17) is 9.97 Å². The average molecular weight is 333 g/mol. The van der Waals surface area contributed by atoms with Crippen LogP contribution in [0.15, 0.2) is 5.03 Å². The van der Waals surface area contributed by atoms with E-state index in [1.807, 2.05) is 0 Å². The predicted octanol–water partition coefficient (Wildman–Crippen LogP) is 2.54. The fourth-order valence-electron chi connectivity index (χ4n) is 3.08. The topological polar surface area (TPSA) is 65.9 Å². The number of aliphatic carboxylic acids is 1. The number of carboxylic acid groups (broad SMARTS) is 1. The van der Waals surface area contributed by atoms with Crippen LogP contribution in [0.5, 0.6) is 0 Å². The summed E-state index contributed by atoms with van der Waals surface area (Å²) in [6.07, 6.45) is 5.66. The number of thiophene rings is 1. The Bertz CT molecular complexity index is 752. The number of thioether (sulfide) groups is 1. The number of carbonyl (C=O) groups is 1. The second-order valence-electron chi connectivity index (χ2n) is 6.35. The quantitative estimate of drug-likeness (QED) is 0.635. The fraction of sp³-hybridized carbons (Fsp3) is 0.562. The molecule has 0 amide bonds. The normalized spacial score (nSPS) is 21.0. The zero-order chi connectivity index (χ0) is 15.3. The van der Waals surface area contributed by atoms with Crippen LogP contribution in [0.3, 0.4) is 0 Å².